The summed E-state index contributed by atoms with van der Waals surface area (Å²) in [5.41, 5.74) is 5.26. The van der Waals surface area contributed by atoms with Gasteiger partial charge in [0.25, 0.3) is 0 Å². The summed E-state index contributed by atoms with van der Waals surface area (Å²) in [4.78, 5) is 56.1. The van der Waals surface area contributed by atoms with Gasteiger partial charge in [0.1, 0.15) is 18.7 Å². The molecule has 0 aromatic heterocycles. The number of ether oxygens (including phenoxy) is 1. The van der Waals surface area contributed by atoms with Gasteiger partial charge >= 0.3 is 17.9 Å². The molecule has 0 heterocycles. The van der Waals surface area contributed by atoms with Crippen LogP contribution in [0.15, 0.2) is 0 Å². The summed E-state index contributed by atoms with van der Waals surface area (Å²) in [7, 11) is 0. The Labute approximate surface area is 148 Å². The van der Waals surface area contributed by atoms with Gasteiger partial charge in [0.15, 0.2) is 6.04 Å². The topological polar surface area (TPSA) is 185 Å². The van der Waals surface area contributed by atoms with E-state index in [1.165, 1.54) is 0 Å². The lowest BCUT2D eigenvalue weighted by atomic mass is 10.1. The van der Waals surface area contributed by atoms with Crippen LogP contribution >= 0.6 is 12.6 Å². The van der Waals surface area contributed by atoms with Crippen molar-refractivity contribution in [3.8, 4) is 0 Å². The molecule has 0 aromatic rings. The molecule has 0 aliphatic heterocycles. The van der Waals surface area contributed by atoms with E-state index in [2.05, 4.69) is 28.0 Å². The lowest BCUT2D eigenvalue weighted by Crippen LogP contribution is -2.53. The molecule has 0 aliphatic rings. The first-order valence-corrected chi connectivity index (χ1v) is 7.76. The number of hydrogen-bond acceptors (Lipinski definition) is 8. The Balaban J connectivity index is 4.61. The number of esters is 1. The maximum atomic E-state index is 12.0. The SMILES string of the molecule is CC(=O)OC[C@H](NC(=O)[C@H](CS)NC(=O)CC[C@H](N)C(=O)O)C(=O)O. The smallest absolute Gasteiger partial charge is 0.329 e. The largest absolute Gasteiger partial charge is 0.480 e. The fraction of sp³-hybridized carbons (Fsp3) is 0.615. The van der Waals surface area contributed by atoms with Crippen molar-refractivity contribution in [2.75, 3.05) is 12.4 Å². The van der Waals surface area contributed by atoms with Gasteiger partial charge in [0.2, 0.25) is 11.8 Å². The van der Waals surface area contributed by atoms with Crippen molar-refractivity contribution in [3.05, 3.63) is 0 Å². The van der Waals surface area contributed by atoms with Crippen LogP contribution in [0.2, 0.25) is 0 Å². The molecule has 0 aromatic carbocycles. The Morgan fingerprint density at radius 3 is 2.12 bits per heavy atom. The molecule has 2 amide bonds. The Hall–Kier alpha value is -2.34. The van der Waals surface area contributed by atoms with E-state index in [-0.39, 0.29) is 18.6 Å². The number of nitrogens with two attached hydrogens (primary N) is 1. The molecule has 6 N–H and O–H groups in total. The highest BCUT2D eigenvalue weighted by molar-refractivity contribution is 7.80. The molecule has 0 radical (unpaired) electrons. The monoisotopic (exact) mass is 379 g/mol. The number of amides is 2. The van der Waals surface area contributed by atoms with E-state index < -0.39 is 54.5 Å². The number of carbonyl (C=O) groups excluding carboxylic acids is 3. The third-order valence-corrected chi connectivity index (χ3v) is 3.27. The van der Waals surface area contributed by atoms with Crippen LogP contribution in [-0.4, -0.2) is 70.4 Å². The summed E-state index contributed by atoms with van der Waals surface area (Å²) in [6.07, 6.45) is -0.368. The average molecular weight is 379 g/mol. The van der Waals surface area contributed by atoms with Gasteiger partial charge in [-0.1, -0.05) is 0 Å². The van der Waals surface area contributed by atoms with Crippen molar-refractivity contribution in [3.63, 3.8) is 0 Å². The Bertz CT molecular complexity index is 527. The number of carbonyl (C=O) groups is 5. The predicted octanol–water partition coefficient (Wildman–Crippen LogP) is -2.27. The summed E-state index contributed by atoms with van der Waals surface area (Å²) < 4.78 is 4.54. The van der Waals surface area contributed by atoms with Gasteiger partial charge in [0.05, 0.1) is 0 Å². The van der Waals surface area contributed by atoms with Crippen LogP contribution in [0.1, 0.15) is 19.8 Å². The third kappa shape index (κ3) is 9.52. The van der Waals surface area contributed by atoms with E-state index in [1.54, 1.807) is 0 Å². The molecule has 11 nitrogen and oxygen atoms in total. The van der Waals surface area contributed by atoms with Crippen molar-refractivity contribution >= 4 is 42.4 Å². The first-order chi connectivity index (χ1) is 11.6. The van der Waals surface area contributed by atoms with Crippen molar-refractivity contribution in [2.24, 2.45) is 5.73 Å². The van der Waals surface area contributed by atoms with E-state index in [0.29, 0.717) is 0 Å². The molecule has 0 saturated carbocycles. The molecule has 0 spiro atoms. The third-order valence-electron chi connectivity index (χ3n) is 2.90. The first kappa shape index (κ1) is 22.7. The standard InChI is InChI=1S/C13H21N3O8S/c1-6(17)24-4-8(13(22)23)16-11(19)9(5-25)15-10(18)3-2-7(14)12(20)21/h7-9,25H,2-5,14H2,1H3,(H,15,18)(H,16,19)(H,20,21)(H,22,23)/t7-,8-,9-/m0/s1. The maximum Gasteiger partial charge on any atom is 0.329 e. The minimum absolute atomic E-state index is 0.133. The number of aliphatic carboxylic acids is 2. The second-order valence-electron chi connectivity index (χ2n) is 4.99. The summed E-state index contributed by atoms with van der Waals surface area (Å²) in [6, 6.07) is -3.86. The molecular weight excluding hydrogens is 358 g/mol. The van der Waals surface area contributed by atoms with Crippen LogP contribution in [0, 0.1) is 0 Å². The van der Waals surface area contributed by atoms with Crippen LogP contribution in [0.25, 0.3) is 0 Å². The fourth-order valence-corrected chi connectivity index (χ4v) is 1.78. The van der Waals surface area contributed by atoms with Gasteiger partial charge in [-0.15, -0.1) is 0 Å². The highest BCUT2D eigenvalue weighted by atomic mass is 32.1. The number of carboxylic acid groups (broad SMARTS) is 2. The van der Waals surface area contributed by atoms with Crippen LogP contribution in [0.3, 0.4) is 0 Å². The van der Waals surface area contributed by atoms with E-state index in [4.69, 9.17) is 15.9 Å². The minimum Gasteiger partial charge on any atom is -0.480 e. The first-order valence-electron chi connectivity index (χ1n) is 7.13. The summed E-state index contributed by atoms with van der Waals surface area (Å²) in [5, 5.41) is 22.0. The zero-order valence-corrected chi connectivity index (χ0v) is 14.3. The molecule has 0 aliphatic carbocycles. The molecule has 25 heavy (non-hydrogen) atoms. The second-order valence-corrected chi connectivity index (χ2v) is 5.35. The quantitative estimate of drug-likeness (QED) is 0.170. The van der Waals surface area contributed by atoms with E-state index in [1.807, 2.05) is 0 Å². The Morgan fingerprint density at radius 2 is 1.68 bits per heavy atom. The van der Waals surface area contributed by atoms with Gasteiger partial charge in [-0.25, -0.2) is 4.79 Å². The summed E-state index contributed by atoms with van der Waals surface area (Å²) in [5.74, 6) is -5.02. The van der Waals surface area contributed by atoms with Gasteiger partial charge in [0, 0.05) is 19.1 Å². The number of nitrogens with one attached hydrogen (secondary N) is 2. The lowest BCUT2D eigenvalue weighted by Gasteiger charge is -2.20. The normalized spacial score (nSPS) is 13.9. The molecule has 0 saturated heterocycles. The van der Waals surface area contributed by atoms with Gasteiger partial charge in [-0.2, -0.15) is 12.6 Å². The van der Waals surface area contributed by atoms with E-state index in [0.717, 1.165) is 6.92 Å². The van der Waals surface area contributed by atoms with E-state index in [9.17, 15) is 24.0 Å². The number of carboxylic acids is 2. The summed E-state index contributed by atoms with van der Waals surface area (Å²) >= 11 is 3.90. The number of thiol groups is 1. The van der Waals surface area contributed by atoms with Crippen LogP contribution in [0.5, 0.6) is 0 Å². The van der Waals surface area contributed by atoms with Crippen LogP contribution in [0.4, 0.5) is 0 Å². The molecule has 12 heteroatoms. The fourth-order valence-electron chi connectivity index (χ4n) is 1.52. The molecule has 0 fully saturated rings. The molecular formula is C13H21N3O8S. The van der Waals surface area contributed by atoms with Crippen molar-refractivity contribution in [1.82, 2.24) is 10.6 Å². The Kier molecular flexibility index (Phi) is 10.2. The van der Waals surface area contributed by atoms with Crippen molar-refractivity contribution in [2.45, 2.75) is 37.9 Å². The zero-order valence-electron chi connectivity index (χ0n) is 13.4. The van der Waals surface area contributed by atoms with Gasteiger partial charge in [-0.05, 0) is 6.42 Å². The van der Waals surface area contributed by atoms with Crippen LogP contribution < -0.4 is 16.4 Å². The zero-order chi connectivity index (χ0) is 19.6. The molecule has 0 unspecified atom stereocenters. The van der Waals surface area contributed by atoms with Gasteiger partial charge < -0.3 is 31.3 Å². The highest BCUT2D eigenvalue weighted by Gasteiger charge is 2.26. The van der Waals surface area contributed by atoms with Crippen LogP contribution in [-0.2, 0) is 28.7 Å². The predicted molar refractivity (Wildman–Crippen MR) is 86.8 cm³/mol. The second kappa shape index (κ2) is 11.3. The summed E-state index contributed by atoms with van der Waals surface area (Å²) in [6.45, 7) is 0.510. The molecule has 0 rings (SSSR count). The van der Waals surface area contributed by atoms with Gasteiger partial charge in [-0.3, -0.25) is 19.2 Å². The lowest BCUT2D eigenvalue weighted by molar-refractivity contribution is -0.149. The van der Waals surface area contributed by atoms with Crippen molar-refractivity contribution in [1.29, 1.82) is 0 Å². The van der Waals surface area contributed by atoms with E-state index >= 15 is 0 Å². The minimum atomic E-state index is -1.49. The van der Waals surface area contributed by atoms with Crippen molar-refractivity contribution < 1.29 is 38.9 Å². The molecule has 0 bridgehead atoms. The molecule has 142 valence electrons. The Morgan fingerprint density at radius 1 is 1.08 bits per heavy atom. The number of rotatable bonds is 11. The highest BCUT2D eigenvalue weighted by Crippen LogP contribution is 1.98. The number of hydrogen-bond donors (Lipinski definition) is 6. The maximum absolute atomic E-state index is 12.0. The average Bonchev–Trinajstić information content (AvgIpc) is 2.53. The molecule has 3 atom stereocenters.